The van der Waals surface area contributed by atoms with Crippen LogP contribution in [0.5, 0.6) is 0 Å². The second-order valence-electron chi connectivity index (χ2n) is 5.77. The number of hydrogen-bond acceptors (Lipinski definition) is 3. The minimum atomic E-state index is -2.98. The summed E-state index contributed by atoms with van der Waals surface area (Å²) in [7, 11) is -2.98. The lowest BCUT2D eigenvalue weighted by atomic mass is 10.2. The average molecular weight is 327 g/mol. The summed E-state index contributed by atoms with van der Waals surface area (Å²) >= 11 is 6.26. The van der Waals surface area contributed by atoms with Crippen molar-refractivity contribution >= 4 is 32.5 Å². The molecule has 2 heterocycles. The Hall–Kier alpha value is -1.07. The number of sulfone groups is 1. The molecule has 6 heteroatoms. The maximum atomic E-state index is 12.1. The predicted molar refractivity (Wildman–Crippen MR) is 85.5 cm³/mol. The summed E-state index contributed by atoms with van der Waals surface area (Å²) < 4.78 is 26.2. The van der Waals surface area contributed by atoms with E-state index in [-0.39, 0.29) is 10.6 Å². The summed E-state index contributed by atoms with van der Waals surface area (Å²) in [6, 6.07) is 5.97. The molecule has 1 aromatic heterocycles. The second-order valence-corrected chi connectivity index (χ2v) is 8.83. The van der Waals surface area contributed by atoms with E-state index in [1.54, 1.807) is 0 Å². The van der Waals surface area contributed by atoms with Crippen molar-refractivity contribution in [2.45, 2.75) is 43.9 Å². The van der Waals surface area contributed by atoms with E-state index in [4.69, 9.17) is 11.6 Å². The Balaban J connectivity index is 2.12. The summed E-state index contributed by atoms with van der Waals surface area (Å²) in [5.41, 5.74) is 2.97. The van der Waals surface area contributed by atoms with E-state index in [1.807, 2.05) is 36.6 Å². The highest BCUT2D eigenvalue weighted by molar-refractivity contribution is 7.92. The van der Waals surface area contributed by atoms with Crippen LogP contribution in [0, 0.1) is 6.92 Å². The number of rotatable bonds is 3. The number of halogens is 1. The first-order chi connectivity index (χ1) is 9.90. The van der Waals surface area contributed by atoms with Crippen molar-refractivity contribution in [1.82, 2.24) is 9.55 Å². The third-order valence-electron chi connectivity index (χ3n) is 4.21. The van der Waals surface area contributed by atoms with Crippen LogP contribution in [-0.4, -0.2) is 29.0 Å². The molecular formula is C15H19ClN2O2S. The normalized spacial score (nSPS) is 22.7. The van der Waals surface area contributed by atoms with Gasteiger partial charge in [-0.3, -0.25) is 0 Å². The van der Waals surface area contributed by atoms with Gasteiger partial charge in [-0.1, -0.05) is 12.1 Å². The van der Waals surface area contributed by atoms with Gasteiger partial charge in [0.25, 0.3) is 0 Å². The average Bonchev–Trinajstić information content (AvgIpc) is 2.93. The van der Waals surface area contributed by atoms with E-state index in [9.17, 15) is 8.42 Å². The predicted octanol–water partition coefficient (Wildman–Crippen LogP) is 3.22. The van der Waals surface area contributed by atoms with Gasteiger partial charge < -0.3 is 4.57 Å². The van der Waals surface area contributed by atoms with E-state index in [0.29, 0.717) is 12.3 Å². The van der Waals surface area contributed by atoms with E-state index in [0.717, 1.165) is 35.3 Å². The fraction of sp³-hybridized carbons (Fsp3) is 0.533. The Bertz CT molecular complexity index is 780. The summed E-state index contributed by atoms with van der Waals surface area (Å²) in [5, 5.41) is -0.564. The van der Waals surface area contributed by atoms with E-state index in [2.05, 4.69) is 4.98 Å². The van der Waals surface area contributed by atoms with Crippen LogP contribution >= 0.6 is 11.6 Å². The van der Waals surface area contributed by atoms with Crippen molar-refractivity contribution in [3.8, 4) is 0 Å². The molecule has 4 nitrogen and oxygen atoms in total. The molecule has 0 aliphatic carbocycles. The SMILES string of the molecule is Cc1cccc2c1nc(C(C)Cl)n2CC1CCCS1(=O)=O. The standard InChI is InChI=1S/C15H19ClN2O2S/c1-10-5-3-7-13-14(10)17-15(11(2)16)18(13)9-12-6-4-8-21(12,19)20/h3,5,7,11-12H,4,6,8-9H2,1-2H3. The Morgan fingerprint density at radius 1 is 1.48 bits per heavy atom. The highest BCUT2D eigenvalue weighted by Crippen LogP contribution is 2.29. The number of alkyl halides is 1. The van der Waals surface area contributed by atoms with Crippen molar-refractivity contribution in [1.29, 1.82) is 0 Å². The molecule has 0 amide bonds. The van der Waals surface area contributed by atoms with Gasteiger partial charge in [-0.2, -0.15) is 0 Å². The van der Waals surface area contributed by atoms with Crippen molar-refractivity contribution in [3.05, 3.63) is 29.6 Å². The van der Waals surface area contributed by atoms with Crippen molar-refractivity contribution in [2.24, 2.45) is 0 Å². The Kier molecular flexibility index (Phi) is 3.74. The molecule has 114 valence electrons. The molecule has 0 spiro atoms. The molecule has 2 aromatic rings. The van der Waals surface area contributed by atoms with E-state index >= 15 is 0 Å². The van der Waals surface area contributed by atoms with Gasteiger partial charge in [-0.25, -0.2) is 13.4 Å². The molecule has 2 atom stereocenters. The van der Waals surface area contributed by atoms with E-state index in [1.165, 1.54) is 0 Å². The van der Waals surface area contributed by atoms with Crippen molar-refractivity contribution in [3.63, 3.8) is 0 Å². The largest absolute Gasteiger partial charge is 0.325 e. The summed E-state index contributed by atoms with van der Waals surface area (Å²) in [5.74, 6) is 1.05. The molecule has 1 aromatic carbocycles. The molecule has 1 fully saturated rings. The number of hydrogen-bond donors (Lipinski definition) is 0. The van der Waals surface area contributed by atoms with Crippen LogP contribution in [0.1, 0.15) is 36.5 Å². The van der Waals surface area contributed by atoms with Gasteiger partial charge >= 0.3 is 0 Å². The zero-order chi connectivity index (χ0) is 15.2. The summed E-state index contributed by atoms with van der Waals surface area (Å²) in [6.45, 7) is 4.33. The second kappa shape index (κ2) is 5.29. The van der Waals surface area contributed by atoms with Crippen LogP contribution < -0.4 is 0 Å². The number of imidazole rings is 1. The molecule has 1 aliphatic heterocycles. The van der Waals surface area contributed by atoms with Crippen LogP contribution in [0.4, 0.5) is 0 Å². The first kappa shape index (κ1) is 14.9. The number of nitrogens with zero attached hydrogens (tertiary/aromatic N) is 2. The smallest absolute Gasteiger partial charge is 0.154 e. The Morgan fingerprint density at radius 2 is 2.24 bits per heavy atom. The van der Waals surface area contributed by atoms with Crippen LogP contribution in [-0.2, 0) is 16.4 Å². The Morgan fingerprint density at radius 3 is 2.86 bits per heavy atom. The lowest BCUT2D eigenvalue weighted by molar-refractivity contribution is 0.562. The molecule has 21 heavy (non-hydrogen) atoms. The molecule has 0 radical (unpaired) electrons. The molecule has 0 saturated carbocycles. The highest BCUT2D eigenvalue weighted by Gasteiger charge is 2.32. The van der Waals surface area contributed by atoms with Crippen LogP contribution in [0.15, 0.2) is 18.2 Å². The lowest BCUT2D eigenvalue weighted by Crippen LogP contribution is -2.23. The minimum absolute atomic E-state index is 0.249. The van der Waals surface area contributed by atoms with Gasteiger partial charge in [-0.15, -0.1) is 11.6 Å². The fourth-order valence-corrected chi connectivity index (χ4v) is 5.04. The van der Waals surface area contributed by atoms with Crippen molar-refractivity contribution in [2.75, 3.05) is 5.75 Å². The first-order valence-electron chi connectivity index (χ1n) is 7.21. The number of aryl methyl sites for hydroxylation is 1. The first-order valence-corrected chi connectivity index (χ1v) is 9.36. The quantitative estimate of drug-likeness (QED) is 0.814. The molecule has 3 rings (SSSR count). The molecular weight excluding hydrogens is 308 g/mol. The van der Waals surface area contributed by atoms with Gasteiger partial charge in [0.15, 0.2) is 9.84 Å². The van der Waals surface area contributed by atoms with Gasteiger partial charge in [0.2, 0.25) is 0 Å². The molecule has 1 aliphatic rings. The fourth-order valence-electron chi connectivity index (χ4n) is 3.07. The van der Waals surface area contributed by atoms with Crippen molar-refractivity contribution < 1.29 is 8.42 Å². The zero-order valence-electron chi connectivity index (χ0n) is 12.2. The summed E-state index contributed by atoms with van der Waals surface area (Å²) in [6.07, 6.45) is 1.48. The zero-order valence-corrected chi connectivity index (χ0v) is 13.8. The third-order valence-corrected chi connectivity index (χ3v) is 6.67. The van der Waals surface area contributed by atoms with E-state index < -0.39 is 9.84 Å². The monoisotopic (exact) mass is 326 g/mol. The topological polar surface area (TPSA) is 52.0 Å². The number of para-hydroxylation sites is 1. The van der Waals surface area contributed by atoms with Gasteiger partial charge in [0.05, 0.1) is 27.4 Å². The number of aromatic nitrogens is 2. The molecule has 0 N–H and O–H groups in total. The van der Waals surface area contributed by atoms with Crippen LogP contribution in [0.25, 0.3) is 11.0 Å². The third kappa shape index (κ3) is 2.57. The minimum Gasteiger partial charge on any atom is -0.325 e. The maximum Gasteiger partial charge on any atom is 0.154 e. The van der Waals surface area contributed by atoms with Gasteiger partial charge in [0.1, 0.15) is 5.82 Å². The molecule has 0 bridgehead atoms. The van der Waals surface area contributed by atoms with Crippen LogP contribution in [0.3, 0.4) is 0 Å². The van der Waals surface area contributed by atoms with Gasteiger partial charge in [0, 0.05) is 6.54 Å². The highest BCUT2D eigenvalue weighted by atomic mass is 35.5. The lowest BCUT2D eigenvalue weighted by Gasteiger charge is -2.15. The number of fused-ring (bicyclic) bond motifs is 1. The van der Waals surface area contributed by atoms with Gasteiger partial charge in [-0.05, 0) is 38.3 Å². The molecule has 1 saturated heterocycles. The Labute approximate surface area is 130 Å². The summed E-state index contributed by atoms with van der Waals surface area (Å²) in [4.78, 5) is 4.64. The maximum absolute atomic E-state index is 12.1. The number of benzene rings is 1. The van der Waals surface area contributed by atoms with Crippen LogP contribution in [0.2, 0.25) is 0 Å². The molecule has 2 unspecified atom stereocenters.